The number of hydrogen-bond acceptors (Lipinski definition) is 2. The summed E-state index contributed by atoms with van der Waals surface area (Å²) in [4.78, 5) is 0. The molecular formula is C15H14F3NO. The molecule has 1 atom stereocenters. The molecule has 1 unspecified atom stereocenters. The van der Waals surface area contributed by atoms with Gasteiger partial charge in [0.2, 0.25) is 0 Å². The van der Waals surface area contributed by atoms with Gasteiger partial charge in [0.25, 0.3) is 0 Å². The van der Waals surface area contributed by atoms with Gasteiger partial charge in [0, 0.05) is 0 Å². The molecule has 0 amide bonds. The van der Waals surface area contributed by atoms with Gasteiger partial charge in [-0.1, -0.05) is 48.0 Å². The number of aryl methyl sites for hydroxylation is 1. The van der Waals surface area contributed by atoms with Crippen molar-refractivity contribution in [1.29, 1.82) is 0 Å². The molecule has 2 aromatic rings. The summed E-state index contributed by atoms with van der Waals surface area (Å²) in [6.07, 6.45) is -4.58. The summed E-state index contributed by atoms with van der Waals surface area (Å²) in [5.41, 5.74) is 0.996. The van der Waals surface area contributed by atoms with E-state index in [-0.39, 0.29) is 16.3 Å². The van der Waals surface area contributed by atoms with Crippen molar-refractivity contribution in [3.63, 3.8) is 0 Å². The summed E-state index contributed by atoms with van der Waals surface area (Å²) in [5, 5.41) is 10.2. The molecule has 2 nitrogen and oxygen atoms in total. The van der Waals surface area contributed by atoms with Gasteiger partial charge in [-0.25, -0.2) is 5.06 Å². The van der Waals surface area contributed by atoms with Crippen molar-refractivity contribution in [1.82, 2.24) is 0 Å². The molecule has 5 heteroatoms. The lowest BCUT2D eigenvalue weighted by molar-refractivity contribution is -0.163. The molecule has 0 fully saturated rings. The van der Waals surface area contributed by atoms with Gasteiger partial charge < -0.3 is 0 Å². The number of rotatable bonds is 3. The van der Waals surface area contributed by atoms with Crippen molar-refractivity contribution in [3.05, 3.63) is 65.7 Å². The third kappa shape index (κ3) is 3.11. The first-order valence-corrected chi connectivity index (χ1v) is 6.06. The molecule has 20 heavy (non-hydrogen) atoms. The number of hydroxylamine groups is 1. The maximum atomic E-state index is 13.2. The molecule has 0 aliphatic heterocycles. The molecule has 0 aliphatic carbocycles. The van der Waals surface area contributed by atoms with E-state index in [4.69, 9.17) is 0 Å². The van der Waals surface area contributed by atoms with Gasteiger partial charge in [-0.3, -0.25) is 5.21 Å². The van der Waals surface area contributed by atoms with E-state index >= 15 is 0 Å². The van der Waals surface area contributed by atoms with Crippen molar-refractivity contribution in [2.75, 3.05) is 5.06 Å². The highest BCUT2D eigenvalue weighted by Gasteiger charge is 2.45. The number of hydrogen-bond donors (Lipinski definition) is 1. The summed E-state index contributed by atoms with van der Waals surface area (Å²) in [6.45, 7) is 1.82. The van der Waals surface area contributed by atoms with Crippen LogP contribution in [0.25, 0.3) is 0 Å². The summed E-state index contributed by atoms with van der Waals surface area (Å²) in [7, 11) is 0. The normalized spacial score (nSPS) is 13.1. The molecule has 0 saturated carbocycles. The molecule has 0 aliphatic rings. The Kier molecular flexibility index (Phi) is 3.99. The van der Waals surface area contributed by atoms with E-state index in [9.17, 15) is 18.4 Å². The zero-order valence-electron chi connectivity index (χ0n) is 10.8. The van der Waals surface area contributed by atoms with Crippen molar-refractivity contribution < 1.29 is 18.4 Å². The van der Waals surface area contributed by atoms with Crippen molar-refractivity contribution in [3.8, 4) is 0 Å². The zero-order valence-corrected chi connectivity index (χ0v) is 10.8. The Balaban J connectivity index is 2.39. The first kappa shape index (κ1) is 14.4. The monoisotopic (exact) mass is 281 g/mol. The maximum absolute atomic E-state index is 13.2. The van der Waals surface area contributed by atoms with E-state index in [1.54, 1.807) is 18.2 Å². The summed E-state index contributed by atoms with van der Waals surface area (Å²) in [6, 6.07) is 11.5. The van der Waals surface area contributed by atoms with E-state index < -0.39 is 12.2 Å². The summed E-state index contributed by atoms with van der Waals surface area (Å²) < 4.78 is 39.7. The van der Waals surface area contributed by atoms with Crippen LogP contribution in [0.2, 0.25) is 0 Å². The number of benzene rings is 2. The van der Waals surface area contributed by atoms with Crippen LogP contribution in [-0.4, -0.2) is 11.4 Å². The fourth-order valence-electron chi connectivity index (χ4n) is 1.95. The van der Waals surface area contributed by atoms with E-state index in [0.29, 0.717) is 0 Å². The Morgan fingerprint density at radius 1 is 0.950 bits per heavy atom. The SMILES string of the molecule is Cc1ccc(N(O)C(c2ccccc2)C(F)(F)F)cc1. The fourth-order valence-corrected chi connectivity index (χ4v) is 1.95. The van der Waals surface area contributed by atoms with Crippen molar-refractivity contribution in [2.24, 2.45) is 0 Å². The average molecular weight is 281 g/mol. The quantitative estimate of drug-likeness (QED) is 0.838. The second-order valence-corrected chi connectivity index (χ2v) is 4.53. The first-order chi connectivity index (χ1) is 9.39. The first-order valence-electron chi connectivity index (χ1n) is 6.06. The average Bonchev–Trinajstić information content (AvgIpc) is 2.39. The summed E-state index contributed by atoms with van der Waals surface area (Å²) >= 11 is 0. The lowest BCUT2D eigenvalue weighted by Crippen LogP contribution is -2.36. The van der Waals surface area contributed by atoms with Crippen LogP contribution < -0.4 is 5.06 Å². The molecule has 0 saturated heterocycles. The summed E-state index contributed by atoms with van der Waals surface area (Å²) in [5.74, 6) is 0. The predicted molar refractivity (Wildman–Crippen MR) is 70.7 cm³/mol. The third-order valence-corrected chi connectivity index (χ3v) is 2.97. The van der Waals surface area contributed by atoms with Gasteiger partial charge in [0.05, 0.1) is 5.69 Å². The molecular weight excluding hydrogens is 267 g/mol. The Morgan fingerprint density at radius 3 is 2.00 bits per heavy atom. The lowest BCUT2D eigenvalue weighted by atomic mass is 10.1. The number of alkyl halides is 3. The van der Waals surface area contributed by atoms with Crippen LogP contribution in [0.4, 0.5) is 18.9 Å². The van der Waals surface area contributed by atoms with Gasteiger partial charge in [0.1, 0.15) is 0 Å². The Labute approximate surface area is 115 Å². The zero-order chi connectivity index (χ0) is 14.8. The Hall–Kier alpha value is -2.01. The van der Waals surface area contributed by atoms with E-state index in [1.165, 1.54) is 36.4 Å². The fraction of sp³-hybridized carbons (Fsp3) is 0.200. The van der Waals surface area contributed by atoms with Crippen molar-refractivity contribution >= 4 is 5.69 Å². The smallest absolute Gasteiger partial charge is 0.287 e. The molecule has 0 heterocycles. The molecule has 2 aromatic carbocycles. The van der Waals surface area contributed by atoms with Crippen LogP contribution in [0, 0.1) is 6.92 Å². The highest BCUT2D eigenvalue weighted by Crippen LogP contribution is 2.38. The largest absolute Gasteiger partial charge is 0.415 e. The van der Waals surface area contributed by atoms with Gasteiger partial charge in [0.15, 0.2) is 6.04 Å². The molecule has 106 valence electrons. The standard InChI is InChI=1S/C15H14F3NO/c1-11-7-9-13(10-8-11)19(20)14(15(16,17)18)12-5-3-2-4-6-12/h2-10,14,20H,1H3. The van der Waals surface area contributed by atoms with Gasteiger partial charge in [-0.05, 0) is 24.6 Å². The highest BCUT2D eigenvalue weighted by atomic mass is 19.4. The van der Waals surface area contributed by atoms with Crippen LogP contribution >= 0.6 is 0 Å². The molecule has 2 rings (SSSR count). The number of anilines is 1. The van der Waals surface area contributed by atoms with Gasteiger partial charge in [-0.2, -0.15) is 13.2 Å². The van der Waals surface area contributed by atoms with Gasteiger partial charge >= 0.3 is 6.18 Å². The van der Waals surface area contributed by atoms with Crippen LogP contribution in [0.15, 0.2) is 54.6 Å². The minimum atomic E-state index is -4.58. The predicted octanol–water partition coefficient (Wildman–Crippen LogP) is 4.49. The second-order valence-electron chi connectivity index (χ2n) is 4.53. The molecule has 0 radical (unpaired) electrons. The van der Waals surface area contributed by atoms with Crippen LogP contribution in [0.1, 0.15) is 17.2 Å². The van der Waals surface area contributed by atoms with Crippen LogP contribution in [-0.2, 0) is 0 Å². The van der Waals surface area contributed by atoms with E-state index in [0.717, 1.165) is 5.56 Å². The number of nitrogens with zero attached hydrogens (tertiary/aromatic N) is 1. The Morgan fingerprint density at radius 2 is 1.50 bits per heavy atom. The van der Waals surface area contributed by atoms with E-state index in [1.807, 2.05) is 6.92 Å². The van der Waals surface area contributed by atoms with Gasteiger partial charge in [-0.15, -0.1) is 0 Å². The number of halogens is 3. The highest BCUT2D eigenvalue weighted by molar-refractivity contribution is 5.47. The van der Waals surface area contributed by atoms with E-state index in [2.05, 4.69) is 0 Å². The molecule has 0 aromatic heterocycles. The van der Waals surface area contributed by atoms with Crippen LogP contribution in [0.3, 0.4) is 0 Å². The lowest BCUT2D eigenvalue weighted by Gasteiger charge is -2.29. The third-order valence-electron chi connectivity index (χ3n) is 2.97. The Bertz CT molecular complexity index is 552. The molecule has 0 bridgehead atoms. The second kappa shape index (κ2) is 5.54. The minimum absolute atomic E-state index is 0.0110. The van der Waals surface area contributed by atoms with Crippen molar-refractivity contribution in [2.45, 2.75) is 19.1 Å². The topological polar surface area (TPSA) is 23.5 Å². The maximum Gasteiger partial charge on any atom is 0.415 e. The van der Waals surface area contributed by atoms with Crippen LogP contribution in [0.5, 0.6) is 0 Å². The minimum Gasteiger partial charge on any atom is -0.287 e. The molecule has 0 spiro atoms. The molecule has 1 N–H and O–H groups in total.